The van der Waals surface area contributed by atoms with Gasteiger partial charge >= 0.3 is 0 Å². The van der Waals surface area contributed by atoms with Gasteiger partial charge in [-0.3, -0.25) is 4.57 Å². The Bertz CT molecular complexity index is 3470. The van der Waals surface area contributed by atoms with Crippen molar-refractivity contribution in [3.05, 3.63) is 194 Å². The van der Waals surface area contributed by atoms with E-state index in [1.165, 1.54) is 26.9 Å². The number of nitrogens with two attached hydrogens (primary N) is 1. The summed E-state index contributed by atoms with van der Waals surface area (Å²) >= 11 is 0. The van der Waals surface area contributed by atoms with Crippen LogP contribution in [0.5, 0.6) is 0 Å². The van der Waals surface area contributed by atoms with Gasteiger partial charge in [-0.2, -0.15) is 0 Å². The molecule has 0 fully saturated rings. The van der Waals surface area contributed by atoms with Crippen molar-refractivity contribution in [1.29, 1.82) is 0 Å². The van der Waals surface area contributed by atoms with Crippen molar-refractivity contribution in [2.45, 2.75) is 26.2 Å². The van der Waals surface area contributed by atoms with Crippen LogP contribution in [0.2, 0.25) is 0 Å². The lowest BCUT2D eigenvalue weighted by Crippen LogP contribution is -2.18. The van der Waals surface area contributed by atoms with Crippen LogP contribution in [0.1, 0.15) is 26.6 Å². The summed E-state index contributed by atoms with van der Waals surface area (Å²) in [6.45, 7) is 6.62. The molecule has 0 unspecified atom stereocenters. The molecule has 0 aliphatic heterocycles. The van der Waals surface area contributed by atoms with Gasteiger partial charge in [0.05, 0.1) is 11.0 Å². The maximum Gasteiger partial charge on any atom is 0.164 e. The van der Waals surface area contributed by atoms with Crippen LogP contribution < -0.4 is 5.73 Å². The molecule has 0 atom stereocenters. The Balaban J connectivity index is 1.07. The Labute approximate surface area is 360 Å². The molecule has 9 aromatic carbocycles. The van der Waals surface area contributed by atoms with Gasteiger partial charge in [-0.1, -0.05) is 172 Å². The predicted octanol–water partition coefficient (Wildman–Crippen LogP) is 13.9. The maximum atomic E-state index is 6.93. The summed E-state index contributed by atoms with van der Waals surface area (Å²) in [6.07, 6.45) is 0. The minimum Gasteiger partial charge on any atom is -0.398 e. The number of rotatable bonds is 6. The van der Waals surface area contributed by atoms with Crippen LogP contribution in [-0.4, -0.2) is 24.5 Å². The molecule has 0 aliphatic carbocycles. The zero-order chi connectivity index (χ0) is 42.0. The minimum atomic E-state index is -0.161. The van der Waals surface area contributed by atoms with Crippen molar-refractivity contribution in [3.8, 4) is 62.1 Å². The number of hydrogen-bond donors (Lipinski definition) is 1. The number of fused-ring (bicyclic) bond motifs is 7. The van der Waals surface area contributed by atoms with E-state index in [4.69, 9.17) is 25.7 Å². The van der Waals surface area contributed by atoms with Gasteiger partial charge in [-0.15, -0.1) is 0 Å². The highest BCUT2D eigenvalue weighted by atomic mass is 15.1. The average molecular weight is 799 g/mol. The Morgan fingerprint density at radius 1 is 0.403 bits per heavy atom. The van der Waals surface area contributed by atoms with Gasteiger partial charge in [0.25, 0.3) is 0 Å². The molecular weight excluding hydrogens is 757 g/mol. The molecule has 11 rings (SSSR count). The summed E-state index contributed by atoms with van der Waals surface area (Å²) < 4.78 is 2.27. The van der Waals surface area contributed by atoms with Crippen molar-refractivity contribution < 1.29 is 0 Å². The van der Waals surface area contributed by atoms with Crippen molar-refractivity contribution in [1.82, 2.24) is 24.5 Å². The van der Waals surface area contributed by atoms with E-state index >= 15 is 0 Å². The standard InChI is InChI=1S/C56H42N6/c1-56(2,3)55-58-49-26-13-14-27-50(49)62(55)38-31-28-35(29-32-38)51-45(24-15-25-48(51)57)43-22-11-12-23-46(43)54-60-52(36-16-5-4-6-17-36)59-53(61-54)37-30-33-44-41-20-8-7-18-39(41)40-19-9-10-21-42(40)47(44)34-37/h4-34H,57H2,1-3H3. The van der Waals surface area contributed by atoms with E-state index in [0.717, 1.165) is 66.9 Å². The average Bonchev–Trinajstić information content (AvgIpc) is 3.73. The van der Waals surface area contributed by atoms with Crippen molar-refractivity contribution in [2.24, 2.45) is 0 Å². The van der Waals surface area contributed by atoms with Crippen LogP contribution in [0.25, 0.3) is 105 Å². The fraction of sp³-hybridized carbons (Fsp3) is 0.0714. The second kappa shape index (κ2) is 14.6. The molecule has 0 saturated carbocycles. The van der Waals surface area contributed by atoms with Crippen LogP contribution in [0.3, 0.4) is 0 Å². The topological polar surface area (TPSA) is 82.5 Å². The lowest BCUT2D eigenvalue weighted by molar-refractivity contribution is 0.539. The molecular formula is C56H42N6. The summed E-state index contributed by atoms with van der Waals surface area (Å²) in [5.41, 5.74) is 17.2. The first-order valence-corrected chi connectivity index (χ1v) is 21.0. The molecule has 11 aromatic rings. The number of nitrogen functional groups attached to an aromatic ring is 1. The van der Waals surface area contributed by atoms with E-state index in [2.05, 4.69) is 159 Å². The fourth-order valence-electron chi connectivity index (χ4n) is 8.99. The lowest BCUT2D eigenvalue weighted by atomic mass is 9.90. The first-order valence-electron chi connectivity index (χ1n) is 21.0. The third-order valence-electron chi connectivity index (χ3n) is 11.9. The van der Waals surface area contributed by atoms with Gasteiger partial charge < -0.3 is 5.73 Å². The van der Waals surface area contributed by atoms with Crippen LogP contribution in [0.4, 0.5) is 5.69 Å². The Hall–Kier alpha value is -7.96. The number of hydrogen-bond acceptors (Lipinski definition) is 5. The molecule has 6 nitrogen and oxygen atoms in total. The summed E-state index contributed by atoms with van der Waals surface area (Å²) in [4.78, 5) is 20.7. The molecule has 2 heterocycles. The Morgan fingerprint density at radius 2 is 0.935 bits per heavy atom. The molecule has 0 aliphatic rings. The van der Waals surface area contributed by atoms with E-state index in [9.17, 15) is 0 Å². The highest BCUT2D eigenvalue weighted by molar-refractivity contribution is 6.25. The summed E-state index contributed by atoms with van der Waals surface area (Å²) in [6, 6.07) is 65.4. The first kappa shape index (κ1) is 37.1. The van der Waals surface area contributed by atoms with E-state index in [-0.39, 0.29) is 5.41 Å². The zero-order valence-corrected chi connectivity index (χ0v) is 34.7. The smallest absolute Gasteiger partial charge is 0.164 e. The van der Waals surface area contributed by atoms with Gasteiger partial charge in [-0.25, -0.2) is 19.9 Å². The molecule has 296 valence electrons. The van der Waals surface area contributed by atoms with Crippen LogP contribution in [0.15, 0.2) is 188 Å². The van der Waals surface area contributed by atoms with E-state index in [1.54, 1.807) is 0 Å². The number of anilines is 1. The van der Waals surface area contributed by atoms with Crippen molar-refractivity contribution in [2.75, 3.05) is 5.73 Å². The molecule has 0 amide bonds. The van der Waals surface area contributed by atoms with Gasteiger partial charge in [0.15, 0.2) is 17.5 Å². The largest absolute Gasteiger partial charge is 0.398 e. The molecule has 6 heteroatoms. The molecule has 2 aromatic heterocycles. The van der Waals surface area contributed by atoms with E-state index in [1.807, 2.05) is 54.6 Å². The molecule has 2 N–H and O–H groups in total. The summed E-state index contributed by atoms with van der Waals surface area (Å²) in [7, 11) is 0. The molecule has 0 spiro atoms. The van der Waals surface area contributed by atoms with E-state index in [0.29, 0.717) is 23.2 Å². The van der Waals surface area contributed by atoms with Crippen molar-refractivity contribution >= 4 is 49.0 Å². The second-order valence-corrected chi connectivity index (χ2v) is 16.9. The Morgan fingerprint density at radius 3 is 1.63 bits per heavy atom. The number of nitrogens with zero attached hydrogens (tertiary/aromatic N) is 5. The number of benzene rings is 9. The number of aromatic nitrogens is 5. The Kier molecular flexibility index (Phi) is 8.76. The van der Waals surface area contributed by atoms with Gasteiger partial charge in [0.2, 0.25) is 0 Å². The third kappa shape index (κ3) is 6.27. The normalized spacial score (nSPS) is 11.9. The molecule has 0 saturated heterocycles. The van der Waals surface area contributed by atoms with Crippen LogP contribution >= 0.6 is 0 Å². The minimum absolute atomic E-state index is 0.161. The highest BCUT2D eigenvalue weighted by Crippen LogP contribution is 2.42. The SMILES string of the molecule is CC(C)(C)c1nc2ccccc2n1-c1ccc(-c2c(N)cccc2-c2ccccc2-c2nc(-c3ccccc3)nc(-c3ccc4c5ccccc5c5ccccc5c4c3)n2)cc1. The monoisotopic (exact) mass is 798 g/mol. The third-order valence-corrected chi connectivity index (χ3v) is 11.9. The first-order chi connectivity index (χ1) is 30.3. The summed E-state index contributed by atoms with van der Waals surface area (Å²) in [5, 5.41) is 7.24. The fourth-order valence-corrected chi connectivity index (χ4v) is 8.99. The molecule has 62 heavy (non-hydrogen) atoms. The predicted molar refractivity (Wildman–Crippen MR) is 257 cm³/mol. The lowest BCUT2D eigenvalue weighted by Gasteiger charge is -2.21. The maximum absolute atomic E-state index is 6.93. The highest BCUT2D eigenvalue weighted by Gasteiger charge is 2.24. The van der Waals surface area contributed by atoms with Gasteiger partial charge in [0.1, 0.15) is 5.82 Å². The molecule has 0 bridgehead atoms. The van der Waals surface area contributed by atoms with Gasteiger partial charge in [0, 0.05) is 39.0 Å². The van der Waals surface area contributed by atoms with Crippen LogP contribution in [0, 0.1) is 0 Å². The zero-order valence-electron chi connectivity index (χ0n) is 34.7. The van der Waals surface area contributed by atoms with Gasteiger partial charge in [-0.05, 0) is 85.4 Å². The van der Waals surface area contributed by atoms with E-state index < -0.39 is 0 Å². The van der Waals surface area contributed by atoms with Crippen LogP contribution in [-0.2, 0) is 5.41 Å². The summed E-state index contributed by atoms with van der Waals surface area (Å²) in [5.74, 6) is 2.80. The van der Waals surface area contributed by atoms with Crippen molar-refractivity contribution in [3.63, 3.8) is 0 Å². The second-order valence-electron chi connectivity index (χ2n) is 16.9. The number of imidazole rings is 1. The number of para-hydroxylation sites is 2. The quantitative estimate of drug-likeness (QED) is 0.134. The molecule has 0 radical (unpaired) electrons.